The Morgan fingerprint density at radius 2 is 1.89 bits per heavy atom. The Balaban J connectivity index is 0.000000362. The van der Waals surface area contributed by atoms with Gasteiger partial charge in [-0.05, 0) is 33.1 Å². The SMILES string of the molecule is CC(C)(C)OC(N)=O.O=CNCCC1CCCCC1. The van der Waals surface area contributed by atoms with E-state index >= 15 is 0 Å². The van der Waals surface area contributed by atoms with Crippen LogP contribution in [0.3, 0.4) is 0 Å². The Morgan fingerprint density at radius 1 is 1.32 bits per heavy atom. The Kier molecular flexibility index (Phi) is 9.00. The van der Waals surface area contributed by atoms with Gasteiger partial charge in [0.05, 0.1) is 0 Å². The van der Waals surface area contributed by atoms with Crippen molar-refractivity contribution in [2.24, 2.45) is 11.7 Å². The minimum atomic E-state index is -0.725. The van der Waals surface area contributed by atoms with Gasteiger partial charge in [-0.25, -0.2) is 4.79 Å². The van der Waals surface area contributed by atoms with Crippen LogP contribution >= 0.6 is 0 Å². The fraction of sp³-hybridized carbons (Fsp3) is 0.857. The second-order valence-corrected chi connectivity index (χ2v) is 5.90. The van der Waals surface area contributed by atoms with E-state index in [1.807, 2.05) is 0 Å². The third-order valence-electron chi connectivity index (χ3n) is 2.91. The molecule has 0 heterocycles. The van der Waals surface area contributed by atoms with Gasteiger partial charge in [0.2, 0.25) is 6.41 Å². The molecular weight excluding hydrogens is 244 g/mol. The molecule has 0 aromatic rings. The third-order valence-corrected chi connectivity index (χ3v) is 2.91. The normalized spacial score (nSPS) is 15.9. The number of carbonyl (C=O) groups excluding carboxylic acids is 2. The van der Waals surface area contributed by atoms with Crippen LogP contribution in [0.4, 0.5) is 4.79 Å². The van der Waals surface area contributed by atoms with Gasteiger partial charge >= 0.3 is 6.09 Å². The second-order valence-electron chi connectivity index (χ2n) is 5.90. The molecule has 0 saturated heterocycles. The fourth-order valence-electron chi connectivity index (χ4n) is 2.12. The molecule has 3 N–H and O–H groups in total. The molecule has 112 valence electrons. The molecule has 0 aliphatic heterocycles. The Bertz CT molecular complexity index is 256. The lowest BCUT2D eigenvalue weighted by Crippen LogP contribution is -2.27. The summed E-state index contributed by atoms with van der Waals surface area (Å²) in [6.07, 6.45) is 8.20. The number of rotatable bonds is 4. The maximum absolute atomic E-state index is 10.0. The molecule has 5 heteroatoms. The van der Waals surface area contributed by atoms with Gasteiger partial charge in [-0.15, -0.1) is 0 Å². The van der Waals surface area contributed by atoms with Crippen LogP contribution in [0.25, 0.3) is 0 Å². The van der Waals surface area contributed by atoms with Gasteiger partial charge in [0.15, 0.2) is 0 Å². The van der Waals surface area contributed by atoms with Gasteiger partial charge in [-0.1, -0.05) is 32.1 Å². The summed E-state index contributed by atoms with van der Waals surface area (Å²) in [6, 6.07) is 0. The first kappa shape index (κ1) is 17.7. The third kappa shape index (κ3) is 13.0. The van der Waals surface area contributed by atoms with E-state index < -0.39 is 11.7 Å². The molecule has 1 rings (SSSR count). The molecule has 0 aromatic carbocycles. The number of hydrogen-bond donors (Lipinski definition) is 2. The lowest BCUT2D eigenvalue weighted by atomic mass is 9.87. The van der Waals surface area contributed by atoms with Crippen molar-refractivity contribution in [3.8, 4) is 0 Å². The summed E-state index contributed by atoms with van der Waals surface area (Å²) in [4.78, 5) is 20.0. The van der Waals surface area contributed by atoms with Crippen molar-refractivity contribution in [3.05, 3.63) is 0 Å². The van der Waals surface area contributed by atoms with Crippen molar-refractivity contribution in [1.82, 2.24) is 5.32 Å². The molecule has 0 unspecified atom stereocenters. The zero-order chi connectivity index (χ0) is 14.7. The van der Waals surface area contributed by atoms with Crippen LogP contribution in [0.5, 0.6) is 0 Å². The molecule has 1 aliphatic rings. The van der Waals surface area contributed by atoms with E-state index in [1.165, 1.54) is 38.5 Å². The highest BCUT2D eigenvalue weighted by molar-refractivity contribution is 5.65. The van der Waals surface area contributed by atoms with Crippen molar-refractivity contribution in [1.29, 1.82) is 0 Å². The average Bonchev–Trinajstić information content (AvgIpc) is 2.28. The summed E-state index contributed by atoms with van der Waals surface area (Å²) in [7, 11) is 0. The molecule has 19 heavy (non-hydrogen) atoms. The molecule has 0 aromatic heterocycles. The van der Waals surface area contributed by atoms with Crippen molar-refractivity contribution >= 4 is 12.5 Å². The standard InChI is InChI=1S/C9H17NO.C5H11NO2/c11-8-10-7-6-9-4-2-1-3-5-9;1-5(2,3)8-4(6)7/h8-9H,1-7H2,(H,10,11);1-3H3,(H2,6,7). The first-order valence-electron chi connectivity index (χ1n) is 7.00. The van der Waals surface area contributed by atoms with Crippen molar-refractivity contribution in [3.63, 3.8) is 0 Å². The minimum absolute atomic E-state index is 0.453. The molecule has 1 saturated carbocycles. The summed E-state index contributed by atoms with van der Waals surface area (Å²) in [5.74, 6) is 0.885. The van der Waals surface area contributed by atoms with E-state index in [0.717, 1.165) is 18.9 Å². The van der Waals surface area contributed by atoms with E-state index in [9.17, 15) is 9.59 Å². The lowest BCUT2D eigenvalue weighted by molar-refractivity contribution is -0.109. The van der Waals surface area contributed by atoms with E-state index in [-0.39, 0.29) is 0 Å². The van der Waals surface area contributed by atoms with Crippen LogP contribution < -0.4 is 11.1 Å². The molecular formula is C14H28N2O3. The topological polar surface area (TPSA) is 81.4 Å². The van der Waals surface area contributed by atoms with E-state index in [1.54, 1.807) is 20.8 Å². The van der Waals surface area contributed by atoms with Crippen molar-refractivity contribution in [2.45, 2.75) is 64.9 Å². The van der Waals surface area contributed by atoms with Crippen LogP contribution in [-0.4, -0.2) is 24.6 Å². The molecule has 0 atom stereocenters. The number of ether oxygens (including phenoxy) is 1. The summed E-state index contributed by atoms with van der Waals surface area (Å²) in [6.45, 7) is 6.15. The van der Waals surface area contributed by atoms with E-state index in [4.69, 9.17) is 5.73 Å². The molecule has 1 fully saturated rings. The van der Waals surface area contributed by atoms with Crippen LogP contribution in [0.1, 0.15) is 59.3 Å². The van der Waals surface area contributed by atoms with Gasteiger partial charge in [0.25, 0.3) is 0 Å². The zero-order valence-electron chi connectivity index (χ0n) is 12.4. The number of carbonyl (C=O) groups is 2. The van der Waals surface area contributed by atoms with Crippen LogP contribution in [0.15, 0.2) is 0 Å². The summed E-state index contributed by atoms with van der Waals surface area (Å²) < 4.78 is 4.58. The van der Waals surface area contributed by atoms with Crippen LogP contribution in [-0.2, 0) is 9.53 Å². The molecule has 0 bridgehead atoms. The zero-order valence-corrected chi connectivity index (χ0v) is 12.4. The molecule has 5 nitrogen and oxygen atoms in total. The Labute approximate surface area is 116 Å². The minimum Gasteiger partial charge on any atom is -0.444 e. The van der Waals surface area contributed by atoms with Crippen LogP contribution in [0.2, 0.25) is 0 Å². The molecule has 1 aliphatic carbocycles. The largest absolute Gasteiger partial charge is 0.444 e. The smallest absolute Gasteiger partial charge is 0.405 e. The summed E-state index contributed by atoms with van der Waals surface area (Å²) in [5, 5.41) is 2.71. The first-order chi connectivity index (χ1) is 8.85. The van der Waals surface area contributed by atoms with E-state index in [2.05, 4.69) is 10.1 Å². The van der Waals surface area contributed by atoms with Gasteiger partial charge < -0.3 is 15.8 Å². The number of amides is 2. The summed E-state index contributed by atoms with van der Waals surface area (Å²) >= 11 is 0. The molecule has 0 radical (unpaired) electrons. The number of nitrogens with one attached hydrogen (secondary N) is 1. The van der Waals surface area contributed by atoms with Gasteiger partial charge in [0.1, 0.15) is 5.60 Å². The maximum Gasteiger partial charge on any atom is 0.405 e. The Hall–Kier alpha value is -1.26. The lowest BCUT2D eigenvalue weighted by Gasteiger charge is -2.20. The Morgan fingerprint density at radius 3 is 2.26 bits per heavy atom. The highest BCUT2D eigenvalue weighted by Gasteiger charge is 2.12. The highest BCUT2D eigenvalue weighted by atomic mass is 16.6. The molecule has 0 spiro atoms. The van der Waals surface area contributed by atoms with Gasteiger partial charge in [-0.2, -0.15) is 0 Å². The van der Waals surface area contributed by atoms with Crippen molar-refractivity contribution in [2.75, 3.05) is 6.54 Å². The van der Waals surface area contributed by atoms with Crippen LogP contribution in [0, 0.1) is 5.92 Å². The quantitative estimate of drug-likeness (QED) is 0.609. The fourth-order valence-corrected chi connectivity index (χ4v) is 2.12. The monoisotopic (exact) mass is 272 g/mol. The van der Waals surface area contributed by atoms with Gasteiger partial charge in [-0.3, -0.25) is 4.79 Å². The molecule has 2 amide bonds. The first-order valence-corrected chi connectivity index (χ1v) is 7.00. The van der Waals surface area contributed by atoms with Gasteiger partial charge in [0, 0.05) is 6.54 Å². The maximum atomic E-state index is 10.0. The predicted molar refractivity (Wildman–Crippen MR) is 75.7 cm³/mol. The van der Waals surface area contributed by atoms with Crippen molar-refractivity contribution < 1.29 is 14.3 Å². The highest BCUT2D eigenvalue weighted by Crippen LogP contribution is 2.25. The second kappa shape index (κ2) is 9.64. The van der Waals surface area contributed by atoms with E-state index in [0.29, 0.717) is 0 Å². The number of primary amides is 1. The summed E-state index contributed by atoms with van der Waals surface area (Å²) in [5.41, 5.74) is 4.26. The predicted octanol–water partition coefficient (Wildman–Crippen LogP) is 2.58. The number of nitrogens with two attached hydrogens (primary N) is 1. The number of hydrogen-bond acceptors (Lipinski definition) is 3. The average molecular weight is 272 g/mol.